The van der Waals surface area contributed by atoms with Gasteiger partial charge in [-0.25, -0.2) is 8.42 Å². The number of halogens is 1. The van der Waals surface area contributed by atoms with Crippen molar-refractivity contribution in [1.82, 2.24) is 0 Å². The Bertz CT molecular complexity index is 555. The highest BCUT2D eigenvalue weighted by atomic mass is 35.7. The van der Waals surface area contributed by atoms with Crippen LogP contribution in [0.3, 0.4) is 0 Å². The molecule has 0 amide bonds. The largest absolute Gasteiger partial charge is 0.492 e. The van der Waals surface area contributed by atoms with Crippen molar-refractivity contribution in [2.75, 3.05) is 0 Å². The van der Waals surface area contributed by atoms with Gasteiger partial charge in [0.25, 0.3) is 9.05 Å². The maximum absolute atomic E-state index is 11.7. The summed E-state index contributed by atoms with van der Waals surface area (Å²) >= 11 is 0. The first-order valence-electron chi connectivity index (χ1n) is 6.10. The number of hydrogen-bond acceptors (Lipinski definition) is 3. The first-order chi connectivity index (χ1) is 8.04. The lowest BCUT2D eigenvalue weighted by Crippen LogP contribution is -2.23. The Hall–Kier alpha value is -0.480. The van der Waals surface area contributed by atoms with E-state index < -0.39 is 9.05 Å². The van der Waals surface area contributed by atoms with Gasteiger partial charge in [-0.05, 0) is 45.3 Å². The van der Waals surface area contributed by atoms with Crippen molar-refractivity contribution < 1.29 is 13.2 Å². The zero-order valence-corrected chi connectivity index (χ0v) is 12.9. The monoisotopic (exact) mass is 290 g/mol. The van der Waals surface area contributed by atoms with Gasteiger partial charge in [0, 0.05) is 22.5 Å². The molecule has 1 aliphatic carbocycles. The minimum atomic E-state index is -3.67. The maximum atomic E-state index is 11.7. The zero-order chi connectivity index (χ0) is 13.9. The van der Waals surface area contributed by atoms with Crippen molar-refractivity contribution in [1.29, 1.82) is 0 Å². The second-order valence-corrected chi connectivity index (χ2v) is 8.41. The Kier molecular flexibility index (Phi) is 3.10. The van der Waals surface area contributed by atoms with Crippen LogP contribution in [-0.2, 0) is 13.8 Å². The average molecular weight is 291 g/mol. The van der Waals surface area contributed by atoms with Crippen LogP contribution in [0.5, 0.6) is 0 Å². The van der Waals surface area contributed by atoms with Crippen LogP contribution in [0.4, 0.5) is 0 Å². The van der Waals surface area contributed by atoms with Gasteiger partial charge in [-0.3, -0.25) is 0 Å². The molecule has 2 aliphatic rings. The molecule has 2 rings (SSSR count). The highest BCUT2D eigenvalue weighted by Gasteiger charge is 2.46. The van der Waals surface area contributed by atoms with Crippen LogP contribution in [0.15, 0.2) is 21.8 Å². The summed E-state index contributed by atoms with van der Waals surface area (Å²) in [5, 5.41) is 0. The topological polar surface area (TPSA) is 43.4 Å². The fraction of sp³-hybridized carbons (Fsp3) is 0.692. The molecule has 1 fully saturated rings. The molecule has 0 aromatic carbocycles. The highest BCUT2D eigenvalue weighted by Crippen LogP contribution is 2.51. The van der Waals surface area contributed by atoms with Crippen molar-refractivity contribution in [3.8, 4) is 0 Å². The predicted molar refractivity (Wildman–Crippen MR) is 72.6 cm³/mol. The van der Waals surface area contributed by atoms with Crippen molar-refractivity contribution in [3.63, 3.8) is 0 Å². The van der Waals surface area contributed by atoms with E-state index in [-0.39, 0.29) is 17.4 Å². The molecule has 0 bridgehead atoms. The number of ether oxygens (including phenoxy) is 1. The van der Waals surface area contributed by atoms with E-state index in [1.807, 2.05) is 27.7 Å². The molecule has 0 radical (unpaired) electrons. The molecule has 102 valence electrons. The van der Waals surface area contributed by atoms with Crippen LogP contribution in [-0.4, -0.2) is 14.0 Å². The molecule has 0 aromatic heterocycles. The molecule has 2 atom stereocenters. The van der Waals surface area contributed by atoms with E-state index in [0.717, 1.165) is 23.3 Å². The van der Waals surface area contributed by atoms with E-state index in [9.17, 15) is 8.42 Å². The van der Waals surface area contributed by atoms with Crippen LogP contribution < -0.4 is 0 Å². The highest BCUT2D eigenvalue weighted by molar-refractivity contribution is 8.16. The molecular weight excluding hydrogens is 272 g/mol. The van der Waals surface area contributed by atoms with Gasteiger partial charge >= 0.3 is 0 Å². The summed E-state index contributed by atoms with van der Waals surface area (Å²) in [6, 6.07) is 0. The van der Waals surface area contributed by atoms with Crippen molar-refractivity contribution >= 4 is 19.7 Å². The van der Waals surface area contributed by atoms with Crippen LogP contribution in [0.1, 0.15) is 41.0 Å². The van der Waals surface area contributed by atoms with Crippen LogP contribution >= 0.6 is 10.7 Å². The molecule has 1 saturated heterocycles. The lowest BCUT2D eigenvalue weighted by Gasteiger charge is -2.28. The first-order valence-corrected chi connectivity index (χ1v) is 8.41. The Labute approximate surface area is 113 Å². The fourth-order valence-corrected chi connectivity index (χ4v) is 4.99. The molecule has 1 heterocycles. The van der Waals surface area contributed by atoms with Crippen molar-refractivity contribution in [2.45, 2.75) is 46.6 Å². The standard InChI is InChI=1S/C13H19ClO3S/c1-7-8(2)12(18(14,15)16)9(3)10-6-13(4,5)17-11(7)10/h9-10H,6H2,1-5H3. The van der Waals surface area contributed by atoms with Crippen LogP contribution in [0.2, 0.25) is 0 Å². The Morgan fingerprint density at radius 1 is 1.28 bits per heavy atom. The summed E-state index contributed by atoms with van der Waals surface area (Å²) in [7, 11) is 1.91. The average Bonchev–Trinajstić information content (AvgIpc) is 2.49. The Balaban J connectivity index is 2.59. The van der Waals surface area contributed by atoms with Gasteiger partial charge in [0.15, 0.2) is 0 Å². The molecular formula is C13H19ClO3S. The smallest absolute Gasteiger partial charge is 0.258 e. The van der Waals surface area contributed by atoms with Gasteiger partial charge in [0.1, 0.15) is 11.4 Å². The summed E-state index contributed by atoms with van der Waals surface area (Å²) < 4.78 is 29.5. The molecule has 0 N–H and O–H groups in total. The second-order valence-electron chi connectivity index (χ2n) is 5.88. The normalized spacial score (nSPS) is 31.4. The summed E-state index contributed by atoms with van der Waals surface area (Å²) in [6.45, 7) is 9.69. The summed E-state index contributed by atoms with van der Waals surface area (Å²) in [5.74, 6) is 0.939. The minimum Gasteiger partial charge on any atom is -0.492 e. The number of rotatable bonds is 1. The van der Waals surface area contributed by atoms with E-state index in [4.69, 9.17) is 15.4 Å². The van der Waals surface area contributed by atoms with Crippen LogP contribution in [0, 0.1) is 11.8 Å². The van der Waals surface area contributed by atoms with E-state index in [0.29, 0.717) is 4.91 Å². The Morgan fingerprint density at radius 2 is 1.83 bits per heavy atom. The molecule has 5 heteroatoms. The van der Waals surface area contributed by atoms with Crippen molar-refractivity contribution in [3.05, 3.63) is 21.8 Å². The molecule has 3 nitrogen and oxygen atoms in total. The van der Waals surface area contributed by atoms with E-state index in [1.165, 1.54) is 0 Å². The zero-order valence-electron chi connectivity index (χ0n) is 11.4. The van der Waals surface area contributed by atoms with E-state index >= 15 is 0 Å². The van der Waals surface area contributed by atoms with Gasteiger partial charge < -0.3 is 4.74 Å². The van der Waals surface area contributed by atoms with Gasteiger partial charge in [0.05, 0.1) is 4.91 Å². The third-order valence-electron chi connectivity index (χ3n) is 4.02. The molecule has 0 spiro atoms. The minimum absolute atomic E-state index is 0.118. The first kappa shape index (κ1) is 13.9. The van der Waals surface area contributed by atoms with Crippen molar-refractivity contribution in [2.24, 2.45) is 11.8 Å². The maximum Gasteiger partial charge on any atom is 0.258 e. The predicted octanol–water partition coefficient (Wildman–Crippen LogP) is 3.57. The van der Waals surface area contributed by atoms with Crippen LogP contribution in [0.25, 0.3) is 0 Å². The molecule has 2 unspecified atom stereocenters. The van der Waals surface area contributed by atoms with Gasteiger partial charge in [-0.15, -0.1) is 0 Å². The summed E-state index contributed by atoms with van der Waals surface area (Å²) in [4.78, 5) is 0.358. The third-order valence-corrected chi connectivity index (χ3v) is 5.72. The molecule has 1 aliphatic heterocycles. The lowest BCUT2D eigenvalue weighted by molar-refractivity contribution is 0.0751. The Morgan fingerprint density at radius 3 is 2.33 bits per heavy atom. The second kappa shape index (κ2) is 4.01. The number of hydrogen-bond donors (Lipinski definition) is 0. The molecule has 0 aromatic rings. The SMILES string of the molecule is CC1=C2OC(C)(C)CC2C(C)C(S(=O)(=O)Cl)=C1C. The summed E-state index contributed by atoms with van der Waals surface area (Å²) in [5.41, 5.74) is 1.42. The number of allylic oxidation sites excluding steroid dienone is 4. The van der Waals surface area contributed by atoms with E-state index in [2.05, 4.69) is 0 Å². The van der Waals surface area contributed by atoms with E-state index in [1.54, 1.807) is 6.92 Å². The molecule has 0 saturated carbocycles. The van der Waals surface area contributed by atoms with Gasteiger partial charge in [0.2, 0.25) is 0 Å². The van der Waals surface area contributed by atoms with Gasteiger partial charge in [-0.2, -0.15) is 0 Å². The lowest BCUT2D eigenvalue weighted by atomic mass is 9.79. The summed E-state index contributed by atoms with van der Waals surface area (Å²) in [6.07, 6.45) is 0.823. The molecule has 18 heavy (non-hydrogen) atoms. The van der Waals surface area contributed by atoms with Gasteiger partial charge in [-0.1, -0.05) is 6.92 Å². The quantitative estimate of drug-likeness (QED) is 0.694. The fourth-order valence-electron chi connectivity index (χ4n) is 3.09. The third kappa shape index (κ3) is 2.10. The number of fused-ring (bicyclic) bond motifs is 1.